The molecule has 0 amide bonds. The summed E-state index contributed by atoms with van der Waals surface area (Å²) in [5, 5.41) is 10.3. The second kappa shape index (κ2) is 2.70. The lowest BCUT2D eigenvalue weighted by Gasteiger charge is -2.07. The molecule has 1 heterocycles. The molecule has 11 heavy (non-hydrogen) atoms. The van der Waals surface area contributed by atoms with Crippen LogP contribution in [-0.2, 0) is 0 Å². The van der Waals surface area contributed by atoms with Crippen LogP contribution in [-0.4, -0.2) is 15.4 Å². The summed E-state index contributed by atoms with van der Waals surface area (Å²) in [7, 11) is 0. The van der Waals surface area contributed by atoms with E-state index in [9.17, 15) is 0 Å². The smallest absolute Gasteiger partial charge is 0.0896 e. The van der Waals surface area contributed by atoms with Crippen LogP contribution in [0.3, 0.4) is 0 Å². The summed E-state index contributed by atoms with van der Waals surface area (Å²) in [6.07, 6.45) is 11.2. The van der Waals surface area contributed by atoms with Crippen molar-refractivity contribution in [2.75, 3.05) is 0 Å². The molecule has 0 aromatic carbocycles. The van der Waals surface area contributed by atoms with Gasteiger partial charge in [-0.3, -0.25) is 5.10 Å². The average molecular weight is 147 g/mol. The molecule has 2 rings (SSSR count). The molecule has 3 nitrogen and oxygen atoms in total. The number of nitrogens with one attached hydrogen (secondary N) is 1. The average Bonchev–Trinajstić information content (AvgIpc) is 2.58. The first-order chi connectivity index (χ1) is 5.47. The molecule has 56 valence electrons. The second-order valence-corrected chi connectivity index (χ2v) is 2.55. The summed E-state index contributed by atoms with van der Waals surface area (Å²) >= 11 is 0. The Balaban J connectivity index is 2.19. The van der Waals surface area contributed by atoms with Crippen molar-refractivity contribution in [2.24, 2.45) is 0 Å². The standard InChI is InChI=1S/C8H9N3/c1-2-4-7(5-3-1)8-6-9-11-10-8/h1-4,6-7H,5H2,(H,9,10,11). The number of rotatable bonds is 1. The van der Waals surface area contributed by atoms with Gasteiger partial charge in [0.25, 0.3) is 0 Å². The third kappa shape index (κ3) is 1.22. The van der Waals surface area contributed by atoms with Crippen molar-refractivity contribution in [3.63, 3.8) is 0 Å². The molecule has 1 N–H and O–H groups in total. The zero-order valence-corrected chi connectivity index (χ0v) is 6.07. The van der Waals surface area contributed by atoms with Crippen molar-refractivity contribution >= 4 is 0 Å². The third-order valence-corrected chi connectivity index (χ3v) is 1.80. The van der Waals surface area contributed by atoms with E-state index in [1.165, 1.54) is 0 Å². The van der Waals surface area contributed by atoms with Gasteiger partial charge in [0.1, 0.15) is 0 Å². The number of nitrogens with zero attached hydrogens (tertiary/aromatic N) is 2. The molecule has 1 atom stereocenters. The van der Waals surface area contributed by atoms with Gasteiger partial charge in [-0.2, -0.15) is 0 Å². The fraction of sp³-hybridized carbons (Fsp3) is 0.250. The van der Waals surface area contributed by atoms with E-state index in [0.29, 0.717) is 5.92 Å². The molecule has 3 heteroatoms. The van der Waals surface area contributed by atoms with E-state index in [2.05, 4.69) is 33.6 Å². The van der Waals surface area contributed by atoms with E-state index in [4.69, 9.17) is 0 Å². The number of aromatic amines is 1. The van der Waals surface area contributed by atoms with Crippen molar-refractivity contribution in [1.29, 1.82) is 0 Å². The summed E-state index contributed by atoms with van der Waals surface area (Å²) in [6.45, 7) is 0. The van der Waals surface area contributed by atoms with E-state index >= 15 is 0 Å². The molecular formula is C8H9N3. The first kappa shape index (κ1) is 6.34. The van der Waals surface area contributed by atoms with E-state index in [-0.39, 0.29) is 0 Å². The Kier molecular flexibility index (Phi) is 1.55. The Morgan fingerprint density at radius 3 is 3.09 bits per heavy atom. The van der Waals surface area contributed by atoms with E-state index in [0.717, 1.165) is 12.1 Å². The van der Waals surface area contributed by atoms with Gasteiger partial charge >= 0.3 is 0 Å². The van der Waals surface area contributed by atoms with Crippen LogP contribution in [0.15, 0.2) is 30.5 Å². The van der Waals surface area contributed by atoms with Crippen LogP contribution in [0.25, 0.3) is 0 Å². The Morgan fingerprint density at radius 1 is 1.45 bits per heavy atom. The zero-order valence-electron chi connectivity index (χ0n) is 6.07. The van der Waals surface area contributed by atoms with Gasteiger partial charge in [0.15, 0.2) is 0 Å². The molecule has 1 aromatic heterocycles. The lowest BCUT2D eigenvalue weighted by Crippen LogP contribution is -1.96. The molecule has 0 bridgehead atoms. The highest BCUT2D eigenvalue weighted by molar-refractivity contribution is 5.20. The Morgan fingerprint density at radius 2 is 2.45 bits per heavy atom. The van der Waals surface area contributed by atoms with Gasteiger partial charge in [0.2, 0.25) is 0 Å². The van der Waals surface area contributed by atoms with Gasteiger partial charge in [-0.15, -0.1) is 5.10 Å². The maximum atomic E-state index is 3.95. The number of aromatic nitrogens is 3. The van der Waals surface area contributed by atoms with E-state index in [1.807, 2.05) is 12.3 Å². The normalized spacial score (nSPS) is 22.4. The Hall–Kier alpha value is -1.38. The molecule has 1 aliphatic carbocycles. The predicted octanol–water partition coefficient (Wildman–Crippen LogP) is 1.40. The number of allylic oxidation sites excluding steroid dienone is 4. The largest absolute Gasteiger partial charge is 0.265 e. The fourth-order valence-electron chi connectivity index (χ4n) is 1.19. The van der Waals surface area contributed by atoms with Gasteiger partial charge in [0.05, 0.1) is 5.69 Å². The first-order valence-corrected chi connectivity index (χ1v) is 3.66. The van der Waals surface area contributed by atoms with Crippen molar-refractivity contribution in [3.05, 3.63) is 36.2 Å². The van der Waals surface area contributed by atoms with Gasteiger partial charge < -0.3 is 0 Å². The molecule has 0 spiro atoms. The second-order valence-electron chi connectivity index (χ2n) is 2.55. The Labute approximate surface area is 64.8 Å². The first-order valence-electron chi connectivity index (χ1n) is 3.66. The number of H-pyrrole nitrogens is 1. The quantitative estimate of drug-likeness (QED) is 0.652. The van der Waals surface area contributed by atoms with Crippen LogP contribution < -0.4 is 0 Å². The lowest BCUT2D eigenvalue weighted by molar-refractivity contribution is 0.799. The minimum atomic E-state index is 0.416. The van der Waals surface area contributed by atoms with Crippen LogP contribution in [0.5, 0.6) is 0 Å². The molecule has 1 unspecified atom stereocenters. The number of hydrogen-bond donors (Lipinski definition) is 1. The highest BCUT2D eigenvalue weighted by Gasteiger charge is 2.09. The van der Waals surface area contributed by atoms with Gasteiger partial charge in [-0.25, -0.2) is 0 Å². The SMILES string of the molecule is C1=CCC(c2c[nH]nn2)C=C1. The van der Waals surface area contributed by atoms with Crippen LogP contribution in [0, 0.1) is 0 Å². The van der Waals surface area contributed by atoms with Gasteiger partial charge in [-0.1, -0.05) is 29.5 Å². The molecule has 1 aliphatic rings. The van der Waals surface area contributed by atoms with Crippen LogP contribution in [0.4, 0.5) is 0 Å². The maximum absolute atomic E-state index is 3.95. The summed E-state index contributed by atoms with van der Waals surface area (Å²) in [6, 6.07) is 0. The minimum Gasteiger partial charge on any atom is -0.265 e. The van der Waals surface area contributed by atoms with Crippen molar-refractivity contribution in [1.82, 2.24) is 15.4 Å². The van der Waals surface area contributed by atoms with E-state index in [1.54, 1.807) is 0 Å². The molecular weight excluding hydrogens is 138 g/mol. The van der Waals surface area contributed by atoms with Crippen molar-refractivity contribution in [3.8, 4) is 0 Å². The molecule has 0 saturated heterocycles. The number of hydrogen-bond acceptors (Lipinski definition) is 2. The summed E-state index contributed by atoms with van der Waals surface area (Å²) in [5.41, 5.74) is 1.02. The van der Waals surface area contributed by atoms with Crippen LogP contribution in [0.1, 0.15) is 18.0 Å². The van der Waals surface area contributed by atoms with E-state index < -0.39 is 0 Å². The molecule has 0 saturated carbocycles. The topological polar surface area (TPSA) is 41.6 Å². The minimum absolute atomic E-state index is 0.416. The highest BCUT2D eigenvalue weighted by atomic mass is 15.3. The lowest BCUT2D eigenvalue weighted by atomic mass is 9.98. The predicted molar refractivity (Wildman–Crippen MR) is 42.0 cm³/mol. The molecule has 0 aliphatic heterocycles. The third-order valence-electron chi connectivity index (χ3n) is 1.80. The van der Waals surface area contributed by atoms with Crippen LogP contribution >= 0.6 is 0 Å². The summed E-state index contributed by atoms with van der Waals surface area (Å²) < 4.78 is 0. The van der Waals surface area contributed by atoms with Gasteiger partial charge in [0, 0.05) is 12.1 Å². The van der Waals surface area contributed by atoms with Crippen molar-refractivity contribution < 1.29 is 0 Å². The Bertz CT molecular complexity index is 272. The zero-order chi connectivity index (χ0) is 7.52. The maximum Gasteiger partial charge on any atom is 0.0896 e. The monoisotopic (exact) mass is 147 g/mol. The van der Waals surface area contributed by atoms with Crippen LogP contribution in [0.2, 0.25) is 0 Å². The van der Waals surface area contributed by atoms with Gasteiger partial charge in [-0.05, 0) is 6.42 Å². The van der Waals surface area contributed by atoms with Crippen molar-refractivity contribution in [2.45, 2.75) is 12.3 Å². The fourth-order valence-corrected chi connectivity index (χ4v) is 1.19. The molecule has 0 radical (unpaired) electrons. The highest BCUT2D eigenvalue weighted by Crippen LogP contribution is 2.21. The summed E-state index contributed by atoms with van der Waals surface area (Å²) in [5.74, 6) is 0.416. The molecule has 0 fully saturated rings. The molecule has 1 aromatic rings. The summed E-state index contributed by atoms with van der Waals surface area (Å²) in [4.78, 5) is 0.